The van der Waals surface area contributed by atoms with Gasteiger partial charge in [-0.1, -0.05) is 12.1 Å². The summed E-state index contributed by atoms with van der Waals surface area (Å²) in [5, 5.41) is 3.46. The van der Waals surface area contributed by atoms with Crippen LogP contribution in [-0.4, -0.2) is 16.6 Å². The summed E-state index contributed by atoms with van der Waals surface area (Å²) in [5.41, 5.74) is 2.61. The summed E-state index contributed by atoms with van der Waals surface area (Å²) in [4.78, 5) is 7.37. The zero-order valence-corrected chi connectivity index (χ0v) is 10.4. The Morgan fingerprint density at radius 2 is 2.44 bits per heavy atom. The lowest BCUT2D eigenvalue weighted by Gasteiger charge is -2.12. The Kier molecular flexibility index (Phi) is 3.02. The number of nitrogens with zero attached hydrogens (tertiary/aromatic N) is 1. The van der Waals surface area contributed by atoms with E-state index in [2.05, 4.69) is 40.4 Å². The molecule has 4 heteroatoms. The fourth-order valence-electron chi connectivity index (χ4n) is 2.23. The minimum Gasteiger partial charge on any atom is -0.493 e. The summed E-state index contributed by atoms with van der Waals surface area (Å²) in [6.45, 7) is 3.76. The molecule has 2 N–H and O–H groups in total. The Bertz CT molecular complexity index is 522. The Balaban J connectivity index is 1.63. The molecule has 2 aromatic rings. The normalized spacial score (nSPS) is 15.2. The molecule has 1 unspecified atom stereocenters. The van der Waals surface area contributed by atoms with Crippen molar-refractivity contribution in [2.75, 3.05) is 6.61 Å². The third-order valence-corrected chi connectivity index (χ3v) is 3.30. The van der Waals surface area contributed by atoms with Gasteiger partial charge in [0.15, 0.2) is 0 Å². The van der Waals surface area contributed by atoms with Crippen molar-refractivity contribution in [1.29, 1.82) is 0 Å². The molecule has 1 aliphatic rings. The summed E-state index contributed by atoms with van der Waals surface area (Å²) < 4.78 is 5.50. The maximum absolute atomic E-state index is 5.50. The molecule has 18 heavy (non-hydrogen) atoms. The minimum atomic E-state index is 0.226. The number of hydrogen-bond acceptors (Lipinski definition) is 3. The Hall–Kier alpha value is -1.81. The third kappa shape index (κ3) is 2.24. The van der Waals surface area contributed by atoms with E-state index in [1.807, 2.05) is 6.20 Å². The SMILES string of the molecule is CC(NCc1ccc2c(c1)CCO2)c1ncc[nH]1. The fourth-order valence-corrected chi connectivity index (χ4v) is 2.23. The number of rotatable bonds is 4. The van der Waals surface area contributed by atoms with Crippen molar-refractivity contribution in [2.24, 2.45) is 0 Å². The fraction of sp³-hybridized carbons (Fsp3) is 0.357. The average Bonchev–Trinajstić information content (AvgIpc) is 3.05. The number of aromatic nitrogens is 2. The number of H-pyrrole nitrogens is 1. The number of imidazole rings is 1. The van der Waals surface area contributed by atoms with Crippen LogP contribution in [-0.2, 0) is 13.0 Å². The van der Waals surface area contributed by atoms with Gasteiger partial charge in [-0.25, -0.2) is 4.98 Å². The van der Waals surface area contributed by atoms with E-state index in [0.717, 1.165) is 31.1 Å². The summed E-state index contributed by atoms with van der Waals surface area (Å²) >= 11 is 0. The zero-order chi connectivity index (χ0) is 12.4. The van der Waals surface area contributed by atoms with Crippen molar-refractivity contribution >= 4 is 0 Å². The molecular formula is C14H17N3O. The predicted octanol–water partition coefficient (Wildman–Crippen LogP) is 2.20. The van der Waals surface area contributed by atoms with Crippen LogP contribution in [0.2, 0.25) is 0 Å². The molecule has 1 aromatic carbocycles. The van der Waals surface area contributed by atoms with E-state index in [9.17, 15) is 0 Å². The second-order valence-electron chi connectivity index (χ2n) is 4.62. The van der Waals surface area contributed by atoms with E-state index in [4.69, 9.17) is 4.74 Å². The van der Waals surface area contributed by atoms with Gasteiger partial charge >= 0.3 is 0 Å². The van der Waals surface area contributed by atoms with Crippen LogP contribution < -0.4 is 10.1 Å². The van der Waals surface area contributed by atoms with Crippen LogP contribution in [0.25, 0.3) is 0 Å². The van der Waals surface area contributed by atoms with Crippen LogP contribution in [0.4, 0.5) is 0 Å². The second kappa shape index (κ2) is 4.82. The highest BCUT2D eigenvalue weighted by molar-refractivity contribution is 5.39. The van der Waals surface area contributed by atoms with Gasteiger partial charge in [-0.2, -0.15) is 0 Å². The van der Waals surface area contributed by atoms with Gasteiger partial charge in [0.05, 0.1) is 12.6 Å². The second-order valence-corrected chi connectivity index (χ2v) is 4.62. The van der Waals surface area contributed by atoms with Crippen molar-refractivity contribution < 1.29 is 4.74 Å². The van der Waals surface area contributed by atoms with E-state index in [1.165, 1.54) is 11.1 Å². The molecule has 1 atom stereocenters. The molecule has 1 aliphatic heterocycles. The van der Waals surface area contributed by atoms with Crippen molar-refractivity contribution in [2.45, 2.75) is 25.9 Å². The van der Waals surface area contributed by atoms with Gasteiger partial charge in [-0.05, 0) is 24.1 Å². The first-order chi connectivity index (χ1) is 8.83. The van der Waals surface area contributed by atoms with E-state index < -0.39 is 0 Å². The van der Waals surface area contributed by atoms with Crippen molar-refractivity contribution in [3.63, 3.8) is 0 Å². The summed E-state index contributed by atoms with van der Waals surface area (Å²) in [6.07, 6.45) is 4.65. The Labute approximate surface area is 106 Å². The molecule has 2 heterocycles. The summed E-state index contributed by atoms with van der Waals surface area (Å²) in [6, 6.07) is 6.64. The molecule has 0 saturated heterocycles. The highest BCUT2D eigenvalue weighted by Gasteiger charge is 2.12. The molecule has 1 aromatic heterocycles. The summed E-state index contributed by atoms with van der Waals surface area (Å²) in [5.74, 6) is 2.01. The number of fused-ring (bicyclic) bond motifs is 1. The standard InChI is InChI=1S/C14H17N3O/c1-10(14-15-5-6-16-14)17-9-11-2-3-13-12(8-11)4-7-18-13/h2-3,5-6,8,10,17H,4,7,9H2,1H3,(H,15,16). The molecule has 0 radical (unpaired) electrons. The van der Waals surface area contributed by atoms with E-state index in [0.29, 0.717) is 0 Å². The largest absolute Gasteiger partial charge is 0.493 e. The predicted molar refractivity (Wildman–Crippen MR) is 69.5 cm³/mol. The Morgan fingerprint density at radius 3 is 3.28 bits per heavy atom. The summed E-state index contributed by atoms with van der Waals surface area (Å²) in [7, 11) is 0. The van der Waals surface area contributed by atoms with Crippen LogP contribution in [0.3, 0.4) is 0 Å². The first-order valence-electron chi connectivity index (χ1n) is 6.30. The zero-order valence-electron chi connectivity index (χ0n) is 10.4. The molecular weight excluding hydrogens is 226 g/mol. The van der Waals surface area contributed by atoms with Crippen LogP contribution in [0, 0.1) is 0 Å². The Morgan fingerprint density at radius 1 is 1.50 bits per heavy atom. The molecule has 4 nitrogen and oxygen atoms in total. The maximum atomic E-state index is 5.50. The first kappa shape index (κ1) is 11.3. The monoisotopic (exact) mass is 243 g/mol. The smallest absolute Gasteiger partial charge is 0.122 e. The first-order valence-corrected chi connectivity index (χ1v) is 6.30. The lowest BCUT2D eigenvalue weighted by molar-refractivity contribution is 0.357. The lowest BCUT2D eigenvalue weighted by Crippen LogP contribution is -2.19. The molecule has 3 rings (SSSR count). The molecule has 94 valence electrons. The molecule has 0 spiro atoms. The number of aromatic amines is 1. The van der Waals surface area contributed by atoms with Crippen LogP contribution in [0.15, 0.2) is 30.6 Å². The molecule has 0 aliphatic carbocycles. The molecule has 0 bridgehead atoms. The molecule has 0 amide bonds. The highest BCUT2D eigenvalue weighted by Crippen LogP contribution is 2.25. The lowest BCUT2D eigenvalue weighted by atomic mass is 10.1. The van der Waals surface area contributed by atoms with Crippen LogP contribution in [0.5, 0.6) is 5.75 Å². The highest BCUT2D eigenvalue weighted by atomic mass is 16.5. The van der Waals surface area contributed by atoms with Crippen LogP contribution in [0.1, 0.15) is 29.9 Å². The quantitative estimate of drug-likeness (QED) is 0.865. The number of nitrogens with one attached hydrogen (secondary N) is 2. The van der Waals surface area contributed by atoms with Gasteiger partial charge in [-0.15, -0.1) is 0 Å². The van der Waals surface area contributed by atoms with Gasteiger partial charge in [0.2, 0.25) is 0 Å². The van der Waals surface area contributed by atoms with Gasteiger partial charge in [-0.3, -0.25) is 0 Å². The van der Waals surface area contributed by atoms with Crippen LogP contribution >= 0.6 is 0 Å². The van der Waals surface area contributed by atoms with Crippen molar-refractivity contribution in [1.82, 2.24) is 15.3 Å². The van der Waals surface area contributed by atoms with Gasteiger partial charge in [0.1, 0.15) is 11.6 Å². The van der Waals surface area contributed by atoms with E-state index in [1.54, 1.807) is 6.20 Å². The van der Waals surface area contributed by atoms with Crippen molar-refractivity contribution in [3.8, 4) is 5.75 Å². The third-order valence-electron chi connectivity index (χ3n) is 3.30. The van der Waals surface area contributed by atoms with E-state index in [-0.39, 0.29) is 6.04 Å². The number of hydrogen-bond donors (Lipinski definition) is 2. The number of benzene rings is 1. The van der Waals surface area contributed by atoms with Crippen molar-refractivity contribution in [3.05, 3.63) is 47.5 Å². The maximum Gasteiger partial charge on any atom is 0.122 e. The average molecular weight is 243 g/mol. The van der Waals surface area contributed by atoms with Gasteiger partial charge in [0, 0.05) is 25.4 Å². The molecule has 0 saturated carbocycles. The topological polar surface area (TPSA) is 49.9 Å². The van der Waals surface area contributed by atoms with E-state index >= 15 is 0 Å². The van der Waals surface area contributed by atoms with Gasteiger partial charge < -0.3 is 15.0 Å². The minimum absolute atomic E-state index is 0.226. The number of ether oxygens (including phenoxy) is 1. The van der Waals surface area contributed by atoms with Gasteiger partial charge in [0.25, 0.3) is 0 Å². The molecule has 0 fully saturated rings.